The number of thiophene rings is 1. The van der Waals surface area contributed by atoms with Crippen LogP contribution in [0.2, 0.25) is 0 Å². The molecule has 1 atom stereocenters. The number of nitrogens with zero attached hydrogens (tertiary/aromatic N) is 1. The van der Waals surface area contributed by atoms with Crippen LogP contribution >= 0.6 is 11.3 Å². The molecule has 33 heavy (non-hydrogen) atoms. The molecule has 2 aromatic heterocycles. The monoisotopic (exact) mass is 467 g/mol. The van der Waals surface area contributed by atoms with Gasteiger partial charge in [-0.25, -0.2) is 0 Å². The topological polar surface area (TPSA) is 112 Å². The highest BCUT2D eigenvalue weighted by molar-refractivity contribution is 7.12. The number of amides is 3. The van der Waals surface area contributed by atoms with Gasteiger partial charge in [0.15, 0.2) is 0 Å². The van der Waals surface area contributed by atoms with Crippen LogP contribution in [0.25, 0.3) is 0 Å². The van der Waals surface area contributed by atoms with Gasteiger partial charge in [-0.3, -0.25) is 14.4 Å². The number of hydrogen-bond donors (Lipinski definition) is 3. The Kier molecular flexibility index (Phi) is 6.62. The third kappa shape index (κ3) is 5.50. The number of anilines is 2. The lowest BCUT2D eigenvalue weighted by atomic mass is 10.0. The molecule has 0 radical (unpaired) electrons. The molecule has 0 saturated carbocycles. The van der Waals surface area contributed by atoms with Crippen molar-refractivity contribution < 1.29 is 23.9 Å². The van der Waals surface area contributed by atoms with Crippen molar-refractivity contribution in [3.63, 3.8) is 0 Å². The predicted octanol–water partition coefficient (Wildman–Crippen LogP) is 2.98. The van der Waals surface area contributed by atoms with E-state index in [2.05, 4.69) is 10.6 Å². The van der Waals surface area contributed by atoms with Crippen LogP contribution in [0.15, 0.2) is 58.5 Å². The van der Waals surface area contributed by atoms with Gasteiger partial charge < -0.3 is 25.1 Å². The van der Waals surface area contributed by atoms with Crippen LogP contribution in [-0.4, -0.2) is 41.5 Å². The van der Waals surface area contributed by atoms with Crippen LogP contribution in [0.4, 0.5) is 11.4 Å². The smallest absolute Gasteiger partial charge is 0.313 e. The number of fused-ring (bicyclic) bond motifs is 1. The molecule has 8 nitrogen and oxygen atoms in total. The maximum atomic E-state index is 12.8. The van der Waals surface area contributed by atoms with Gasteiger partial charge >= 0.3 is 11.8 Å². The van der Waals surface area contributed by atoms with E-state index in [1.54, 1.807) is 48.2 Å². The Bertz CT molecular complexity index is 1140. The van der Waals surface area contributed by atoms with Gasteiger partial charge in [0.1, 0.15) is 5.76 Å². The number of aryl methyl sites for hydroxylation is 1. The van der Waals surface area contributed by atoms with Gasteiger partial charge in [0, 0.05) is 30.9 Å². The Morgan fingerprint density at radius 2 is 2.03 bits per heavy atom. The number of furan rings is 1. The predicted molar refractivity (Wildman–Crippen MR) is 125 cm³/mol. The Morgan fingerprint density at radius 3 is 2.76 bits per heavy atom. The molecule has 0 spiro atoms. The van der Waals surface area contributed by atoms with Crippen molar-refractivity contribution in [3.8, 4) is 0 Å². The molecule has 172 valence electrons. The van der Waals surface area contributed by atoms with Crippen molar-refractivity contribution in [1.82, 2.24) is 5.32 Å². The Balaban J connectivity index is 1.36. The minimum absolute atomic E-state index is 0.0382. The summed E-state index contributed by atoms with van der Waals surface area (Å²) in [6.07, 6.45) is 3.29. The number of nitrogens with one attached hydrogen (secondary N) is 2. The van der Waals surface area contributed by atoms with Crippen molar-refractivity contribution >= 4 is 40.4 Å². The zero-order valence-electron chi connectivity index (χ0n) is 18.2. The standard InChI is InChI=1S/C24H25N3O5S/c1-24(31,14-18-6-3-11-32-18)15-25-21(28)22(29)26-17-8-9-19-16(13-17)5-2-10-27(19)23(30)20-7-4-12-33-20/h3-4,6-9,11-13,31H,2,5,10,14-15H2,1H3,(H,25,28)(H,26,29). The SMILES string of the molecule is CC(O)(CNC(=O)C(=O)Nc1ccc2c(c1)CCCN2C(=O)c1cccs1)Cc1ccco1. The summed E-state index contributed by atoms with van der Waals surface area (Å²) in [5, 5.41) is 17.4. The van der Waals surface area contributed by atoms with Crippen LogP contribution < -0.4 is 15.5 Å². The second kappa shape index (κ2) is 9.60. The normalized spacial score (nSPS) is 14.8. The van der Waals surface area contributed by atoms with Gasteiger partial charge in [0.2, 0.25) is 0 Å². The number of carbonyl (C=O) groups is 3. The zero-order valence-corrected chi connectivity index (χ0v) is 19.0. The first kappa shape index (κ1) is 22.8. The van der Waals surface area contributed by atoms with Gasteiger partial charge in [-0.2, -0.15) is 0 Å². The minimum Gasteiger partial charge on any atom is -0.469 e. The first-order chi connectivity index (χ1) is 15.8. The Morgan fingerprint density at radius 1 is 1.18 bits per heavy atom. The fourth-order valence-corrected chi connectivity index (χ4v) is 4.48. The van der Waals surface area contributed by atoms with E-state index in [-0.39, 0.29) is 18.9 Å². The van der Waals surface area contributed by atoms with Crippen molar-refractivity contribution in [2.45, 2.75) is 31.8 Å². The van der Waals surface area contributed by atoms with E-state index in [9.17, 15) is 19.5 Å². The fourth-order valence-electron chi connectivity index (χ4n) is 3.81. The molecule has 0 bridgehead atoms. The molecule has 1 aromatic carbocycles. The highest BCUT2D eigenvalue weighted by Gasteiger charge is 2.26. The summed E-state index contributed by atoms with van der Waals surface area (Å²) in [7, 11) is 0. The fraction of sp³-hybridized carbons (Fsp3) is 0.292. The number of rotatable bonds is 6. The largest absolute Gasteiger partial charge is 0.469 e. The summed E-state index contributed by atoms with van der Waals surface area (Å²) in [4.78, 5) is 39.9. The van der Waals surface area contributed by atoms with Crippen LogP contribution in [-0.2, 0) is 22.4 Å². The molecule has 3 aromatic rings. The van der Waals surface area contributed by atoms with E-state index in [4.69, 9.17) is 4.42 Å². The zero-order chi connectivity index (χ0) is 23.4. The third-order valence-corrected chi connectivity index (χ3v) is 6.26. The van der Waals surface area contributed by atoms with E-state index in [0.717, 1.165) is 24.1 Å². The first-order valence-electron chi connectivity index (χ1n) is 10.6. The van der Waals surface area contributed by atoms with Gasteiger partial charge in [-0.15, -0.1) is 11.3 Å². The average molecular weight is 468 g/mol. The minimum atomic E-state index is -1.27. The van der Waals surface area contributed by atoms with Crippen molar-refractivity contribution in [3.05, 3.63) is 70.3 Å². The molecule has 4 rings (SSSR count). The maximum Gasteiger partial charge on any atom is 0.313 e. The molecule has 1 aliphatic heterocycles. The van der Waals surface area contributed by atoms with Crippen molar-refractivity contribution in [2.24, 2.45) is 0 Å². The Hall–Kier alpha value is -3.43. The second-order valence-electron chi connectivity index (χ2n) is 8.27. The number of hydrogen-bond acceptors (Lipinski definition) is 6. The molecule has 9 heteroatoms. The van der Waals surface area contributed by atoms with Crippen molar-refractivity contribution in [2.75, 3.05) is 23.3 Å². The van der Waals surface area contributed by atoms with E-state index in [1.165, 1.54) is 17.6 Å². The summed E-state index contributed by atoms with van der Waals surface area (Å²) in [5.74, 6) is -1.13. The van der Waals surface area contributed by atoms with Crippen molar-refractivity contribution in [1.29, 1.82) is 0 Å². The molecular weight excluding hydrogens is 442 g/mol. The lowest BCUT2D eigenvalue weighted by molar-refractivity contribution is -0.136. The van der Waals surface area contributed by atoms with Crippen LogP contribution in [0, 0.1) is 0 Å². The highest BCUT2D eigenvalue weighted by Crippen LogP contribution is 2.31. The van der Waals surface area contributed by atoms with E-state index in [0.29, 0.717) is 22.9 Å². The molecule has 0 aliphatic carbocycles. The highest BCUT2D eigenvalue weighted by atomic mass is 32.1. The molecule has 1 unspecified atom stereocenters. The molecule has 3 N–H and O–H groups in total. The number of carbonyl (C=O) groups excluding carboxylic acids is 3. The van der Waals surface area contributed by atoms with Gasteiger partial charge in [-0.1, -0.05) is 6.07 Å². The van der Waals surface area contributed by atoms with E-state index in [1.807, 2.05) is 11.4 Å². The van der Waals surface area contributed by atoms with E-state index < -0.39 is 17.4 Å². The van der Waals surface area contributed by atoms with Crippen LogP contribution in [0.5, 0.6) is 0 Å². The maximum absolute atomic E-state index is 12.8. The lowest BCUT2D eigenvalue weighted by Gasteiger charge is -2.29. The number of aliphatic hydroxyl groups is 1. The summed E-state index contributed by atoms with van der Waals surface area (Å²) >= 11 is 1.41. The lowest BCUT2D eigenvalue weighted by Crippen LogP contribution is -2.45. The molecule has 3 heterocycles. The quantitative estimate of drug-likeness (QED) is 0.483. The molecular formula is C24H25N3O5S. The molecule has 0 saturated heterocycles. The average Bonchev–Trinajstić information content (AvgIpc) is 3.50. The Labute approximate surface area is 195 Å². The summed E-state index contributed by atoms with van der Waals surface area (Å²) < 4.78 is 5.22. The molecule has 3 amide bonds. The molecule has 0 fully saturated rings. The molecule has 1 aliphatic rings. The summed E-state index contributed by atoms with van der Waals surface area (Å²) in [6, 6.07) is 12.4. The van der Waals surface area contributed by atoms with Gasteiger partial charge in [-0.05, 0) is 67.1 Å². The van der Waals surface area contributed by atoms with Gasteiger partial charge in [0.25, 0.3) is 5.91 Å². The van der Waals surface area contributed by atoms with Gasteiger partial charge in [0.05, 0.1) is 16.7 Å². The number of benzene rings is 1. The second-order valence-corrected chi connectivity index (χ2v) is 9.22. The van der Waals surface area contributed by atoms with Crippen LogP contribution in [0.1, 0.15) is 34.3 Å². The summed E-state index contributed by atoms with van der Waals surface area (Å²) in [5.41, 5.74) is 0.960. The van der Waals surface area contributed by atoms with Crippen LogP contribution in [0.3, 0.4) is 0 Å². The third-order valence-electron chi connectivity index (χ3n) is 5.40. The first-order valence-corrected chi connectivity index (χ1v) is 11.5. The summed E-state index contributed by atoms with van der Waals surface area (Å²) in [6.45, 7) is 2.08. The van der Waals surface area contributed by atoms with E-state index >= 15 is 0 Å².